The zero-order chi connectivity index (χ0) is 21.4. The SMILES string of the molecule is CCOCCCn1c(-c2ccc(OC)cc2)cn2c3c(=O)n(C)c(=O)n(C)c3nc12. The molecule has 9 heteroatoms. The van der Waals surface area contributed by atoms with Crippen molar-refractivity contribution in [1.82, 2.24) is 23.1 Å². The Balaban J connectivity index is 1.95. The normalized spacial score (nSPS) is 11.6. The average molecular weight is 411 g/mol. The summed E-state index contributed by atoms with van der Waals surface area (Å²) in [5.74, 6) is 1.39. The van der Waals surface area contributed by atoms with Gasteiger partial charge in [0.25, 0.3) is 5.56 Å². The predicted octanol–water partition coefficient (Wildman–Crippen LogP) is 1.79. The quantitative estimate of drug-likeness (QED) is 0.433. The van der Waals surface area contributed by atoms with Crippen LogP contribution in [0.2, 0.25) is 0 Å². The molecule has 4 rings (SSSR count). The lowest BCUT2D eigenvalue weighted by molar-refractivity contribution is 0.142. The van der Waals surface area contributed by atoms with E-state index in [0.717, 1.165) is 28.0 Å². The Labute approximate surface area is 172 Å². The Bertz CT molecular complexity index is 1320. The lowest BCUT2D eigenvalue weighted by Gasteiger charge is -2.10. The maximum absolute atomic E-state index is 12.9. The van der Waals surface area contributed by atoms with Gasteiger partial charge in [0.05, 0.1) is 12.8 Å². The summed E-state index contributed by atoms with van der Waals surface area (Å²) in [5.41, 5.74) is 1.90. The molecule has 0 aliphatic carbocycles. The molecule has 0 radical (unpaired) electrons. The number of aromatic nitrogens is 5. The minimum absolute atomic E-state index is 0.367. The van der Waals surface area contributed by atoms with Crippen molar-refractivity contribution >= 4 is 16.9 Å². The van der Waals surface area contributed by atoms with Crippen LogP contribution in [0.25, 0.3) is 28.2 Å². The first-order chi connectivity index (χ1) is 14.5. The third kappa shape index (κ3) is 3.11. The standard InChI is InChI=1S/C21H25N5O4/c1-5-30-12-6-11-25-16(14-7-9-15(29-4)10-8-14)13-26-17-18(22-20(25)26)23(2)21(28)24(3)19(17)27/h7-10,13H,5-6,11-12H2,1-4H3. The highest BCUT2D eigenvalue weighted by molar-refractivity contribution is 5.78. The number of ether oxygens (including phenoxy) is 2. The molecule has 4 aromatic rings. The van der Waals surface area contributed by atoms with Crippen molar-refractivity contribution in [2.75, 3.05) is 20.3 Å². The number of fused-ring (bicyclic) bond motifs is 3. The molecule has 0 aliphatic rings. The zero-order valence-electron chi connectivity index (χ0n) is 17.6. The van der Waals surface area contributed by atoms with Crippen LogP contribution in [0, 0.1) is 0 Å². The maximum Gasteiger partial charge on any atom is 0.332 e. The Hall–Kier alpha value is -3.33. The summed E-state index contributed by atoms with van der Waals surface area (Å²) in [7, 11) is 4.74. The molecule has 0 atom stereocenters. The molecule has 0 spiro atoms. The number of hydrogen-bond acceptors (Lipinski definition) is 5. The van der Waals surface area contributed by atoms with E-state index >= 15 is 0 Å². The van der Waals surface area contributed by atoms with E-state index in [9.17, 15) is 9.59 Å². The van der Waals surface area contributed by atoms with Gasteiger partial charge in [0.2, 0.25) is 5.78 Å². The second-order valence-corrected chi connectivity index (χ2v) is 7.10. The molecule has 0 bridgehead atoms. The van der Waals surface area contributed by atoms with E-state index in [2.05, 4.69) is 9.55 Å². The number of rotatable bonds is 7. The zero-order valence-corrected chi connectivity index (χ0v) is 17.6. The fourth-order valence-electron chi connectivity index (χ4n) is 3.70. The van der Waals surface area contributed by atoms with Gasteiger partial charge in [-0.3, -0.25) is 18.3 Å². The van der Waals surface area contributed by atoms with E-state index in [-0.39, 0.29) is 5.56 Å². The molecule has 0 N–H and O–H groups in total. The van der Waals surface area contributed by atoms with Gasteiger partial charge in [-0.25, -0.2) is 4.79 Å². The van der Waals surface area contributed by atoms with Gasteiger partial charge < -0.3 is 14.0 Å². The number of hydrogen-bond donors (Lipinski definition) is 0. The van der Waals surface area contributed by atoms with Gasteiger partial charge in [0.15, 0.2) is 11.2 Å². The molecule has 0 amide bonds. The van der Waals surface area contributed by atoms with Crippen molar-refractivity contribution in [1.29, 1.82) is 0 Å². The molecule has 3 aromatic heterocycles. The summed E-state index contributed by atoms with van der Waals surface area (Å²) >= 11 is 0. The molecular formula is C21H25N5O4. The van der Waals surface area contributed by atoms with Crippen molar-refractivity contribution in [3.8, 4) is 17.0 Å². The Morgan fingerprint density at radius 2 is 1.80 bits per heavy atom. The van der Waals surface area contributed by atoms with E-state index < -0.39 is 5.69 Å². The highest BCUT2D eigenvalue weighted by atomic mass is 16.5. The van der Waals surface area contributed by atoms with Gasteiger partial charge in [-0.2, -0.15) is 4.98 Å². The third-order valence-corrected chi connectivity index (χ3v) is 5.32. The Morgan fingerprint density at radius 3 is 2.47 bits per heavy atom. The van der Waals surface area contributed by atoms with E-state index in [1.54, 1.807) is 18.6 Å². The van der Waals surface area contributed by atoms with Gasteiger partial charge in [-0.1, -0.05) is 0 Å². The van der Waals surface area contributed by atoms with Crippen molar-refractivity contribution in [2.24, 2.45) is 14.1 Å². The smallest absolute Gasteiger partial charge is 0.332 e. The fraction of sp³-hybridized carbons (Fsp3) is 0.381. The Kier molecular flexibility index (Phi) is 5.21. The Morgan fingerprint density at radius 1 is 1.07 bits per heavy atom. The summed E-state index contributed by atoms with van der Waals surface area (Å²) in [6.07, 6.45) is 2.69. The van der Waals surface area contributed by atoms with E-state index in [1.165, 1.54) is 11.6 Å². The summed E-state index contributed by atoms with van der Waals surface area (Å²) in [6.45, 7) is 3.92. The first kappa shape index (κ1) is 20.0. The molecule has 0 saturated heterocycles. The fourth-order valence-corrected chi connectivity index (χ4v) is 3.70. The monoisotopic (exact) mass is 411 g/mol. The molecule has 9 nitrogen and oxygen atoms in total. The minimum atomic E-state index is -0.397. The van der Waals surface area contributed by atoms with Crippen molar-refractivity contribution in [2.45, 2.75) is 19.9 Å². The number of aryl methyl sites for hydroxylation is 2. The molecule has 0 fully saturated rings. The van der Waals surface area contributed by atoms with Crippen LogP contribution >= 0.6 is 0 Å². The van der Waals surface area contributed by atoms with Crippen LogP contribution in [-0.4, -0.2) is 43.4 Å². The van der Waals surface area contributed by atoms with Crippen molar-refractivity contribution < 1.29 is 9.47 Å². The molecule has 158 valence electrons. The van der Waals surface area contributed by atoms with Gasteiger partial charge >= 0.3 is 5.69 Å². The number of benzene rings is 1. The van der Waals surface area contributed by atoms with Crippen molar-refractivity contribution in [3.05, 3.63) is 51.3 Å². The molecular weight excluding hydrogens is 386 g/mol. The van der Waals surface area contributed by atoms with Crippen LogP contribution in [-0.2, 0) is 25.4 Å². The summed E-state index contributed by atoms with van der Waals surface area (Å²) in [6, 6.07) is 7.75. The van der Waals surface area contributed by atoms with Crippen molar-refractivity contribution in [3.63, 3.8) is 0 Å². The van der Waals surface area contributed by atoms with Gasteiger partial charge in [0.1, 0.15) is 5.75 Å². The van der Waals surface area contributed by atoms with Crippen LogP contribution in [0.15, 0.2) is 40.1 Å². The summed E-state index contributed by atoms with van der Waals surface area (Å²) < 4.78 is 17.1. The van der Waals surface area contributed by atoms with Gasteiger partial charge in [-0.05, 0) is 37.6 Å². The van der Waals surface area contributed by atoms with E-state index in [1.807, 2.05) is 37.4 Å². The first-order valence-electron chi connectivity index (χ1n) is 9.87. The highest BCUT2D eigenvalue weighted by Crippen LogP contribution is 2.27. The predicted molar refractivity (Wildman–Crippen MR) is 114 cm³/mol. The number of imidazole rings is 2. The highest BCUT2D eigenvalue weighted by Gasteiger charge is 2.20. The van der Waals surface area contributed by atoms with Crippen LogP contribution < -0.4 is 16.0 Å². The van der Waals surface area contributed by atoms with Crippen LogP contribution in [0.1, 0.15) is 13.3 Å². The maximum atomic E-state index is 12.9. The topological polar surface area (TPSA) is 84.7 Å². The largest absolute Gasteiger partial charge is 0.497 e. The second-order valence-electron chi connectivity index (χ2n) is 7.10. The summed E-state index contributed by atoms with van der Waals surface area (Å²) in [4.78, 5) is 29.8. The third-order valence-electron chi connectivity index (χ3n) is 5.32. The molecule has 0 aliphatic heterocycles. The first-order valence-corrected chi connectivity index (χ1v) is 9.87. The molecule has 1 aromatic carbocycles. The number of nitrogens with zero attached hydrogens (tertiary/aromatic N) is 5. The molecule has 3 heterocycles. The minimum Gasteiger partial charge on any atom is -0.497 e. The van der Waals surface area contributed by atoms with E-state index in [4.69, 9.17) is 9.47 Å². The lowest BCUT2D eigenvalue weighted by Crippen LogP contribution is -2.37. The van der Waals surface area contributed by atoms with Crippen LogP contribution in [0.3, 0.4) is 0 Å². The number of methoxy groups -OCH3 is 1. The molecule has 30 heavy (non-hydrogen) atoms. The van der Waals surface area contributed by atoms with Crippen LogP contribution in [0.5, 0.6) is 5.75 Å². The van der Waals surface area contributed by atoms with Gasteiger partial charge in [0, 0.05) is 45.6 Å². The van der Waals surface area contributed by atoms with Crippen LogP contribution in [0.4, 0.5) is 0 Å². The van der Waals surface area contributed by atoms with Gasteiger partial charge in [-0.15, -0.1) is 0 Å². The molecule has 0 saturated carbocycles. The average Bonchev–Trinajstić information content (AvgIpc) is 3.30. The lowest BCUT2D eigenvalue weighted by atomic mass is 10.1. The summed E-state index contributed by atoms with van der Waals surface area (Å²) in [5, 5.41) is 0. The second kappa shape index (κ2) is 7.83. The van der Waals surface area contributed by atoms with E-state index in [0.29, 0.717) is 36.7 Å². The molecule has 0 unspecified atom stereocenters.